The Balaban J connectivity index is 3.05. The Labute approximate surface area is 120 Å². The Bertz CT molecular complexity index is 528. The summed E-state index contributed by atoms with van der Waals surface area (Å²) in [5.74, 6) is -0.539. The Morgan fingerprint density at radius 3 is 2.40 bits per heavy atom. The second-order valence-electron chi connectivity index (χ2n) is 5.66. The molecule has 4 nitrogen and oxygen atoms in total. The molecular weight excluding hydrogens is 252 g/mol. The number of hydrogen-bond acceptors (Lipinski definition) is 2. The van der Waals surface area contributed by atoms with Crippen LogP contribution in [0.4, 0.5) is 0 Å². The lowest BCUT2D eigenvalue weighted by atomic mass is 10.1. The van der Waals surface area contributed by atoms with E-state index in [0.717, 1.165) is 5.56 Å². The fourth-order valence-corrected chi connectivity index (χ4v) is 1.73. The molecule has 0 aliphatic rings. The molecule has 0 heterocycles. The van der Waals surface area contributed by atoms with Gasteiger partial charge in [-0.05, 0) is 46.8 Å². The molecule has 4 heteroatoms. The van der Waals surface area contributed by atoms with Crippen LogP contribution in [0, 0.1) is 6.92 Å². The number of nitrogens with zero attached hydrogens (tertiary/aromatic N) is 1. The highest BCUT2D eigenvalue weighted by atomic mass is 16.2. The van der Waals surface area contributed by atoms with Crippen molar-refractivity contribution in [3.8, 4) is 0 Å². The maximum Gasteiger partial charge on any atom is 0.272 e. The Morgan fingerprint density at radius 1 is 1.25 bits per heavy atom. The summed E-state index contributed by atoms with van der Waals surface area (Å²) in [6, 6.07) is 7.31. The molecule has 0 bridgehead atoms. The van der Waals surface area contributed by atoms with Crippen LogP contribution < -0.4 is 5.43 Å². The molecule has 0 radical (unpaired) electrons. The first-order chi connectivity index (χ1) is 9.25. The molecule has 1 rings (SSSR count). The lowest BCUT2D eigenvalue weighted by Gasteiger charge is -2.35. The number of allylic oxidation sites excluding steroid dienone is 1. The zero-order valence-corrected chi connectivity index (χ0v) is 12.7. The van der Waals surface area contributed by atoms with Gasteiger partial charge in [-0.25, -0.2) is 5.01 Å². The molecule has 0 spiro atoms. The van der Waals surface area contributed by atoms with Crippen LogP contribution in [0.5, 0.6) is 0 Å². The molecule has 0 unspecified atom stereocenters. The fourth-order valence-electron chi connectivity index (χ4n) is 1.73. The summed E-state index contributed by atoms with van der Waals surface area (Å²) in [5.41, 5.74) is 3.68. The SMILES string of the molecule is CC=CC(=O)NN(C(=O)c1cccc(C)c1)C(C)(C)C. The first-order valence-electron chi connectivity index (χ1n) is 6.60. The van der Waals surface area contributed by atoms with Crippen molar-refractivity contribution in [3.63, 3.8) is 0 Å². The van der Waals surface area contributed by atoms with Crippen LogP contribution in [0.3, 0.4) is 0 Å². The normalized spacial score (nSPS) is 11.4. The number of rotatable bonds is 2. The molecule has 1 aromatic carbocycles. The van der Waals surface area contributed by atoms with E-state index >= 15 is 0 Å². The minimum absolute atomic E-state index is 0.223. The Morgan fingerprint density at radius 2 is 1.90 bits per heavy atom. The predicted molar refractivity (Wildman–Crippen MR) is 80.1 cm³/mol. The van der Waals surface area contributed by atoms with Gasteiger partial charge < -0.3 is 0 Å². The number of carbonyl (C=O) groups excluding carboxylic acids is 2. The third-order valence-electron chi connectivity index (χ3n) is 2.68. The topological polar surface area (TPSA) is 49.4 Å². The molecule has 0 atom stereocenters. The summed E-state index contributed by atoms with van der Waals surface area (Å²) in [6.45, 7) is 9.30. The zero-order chi connectivity index (χ0) is 15.3. The summed E-state index contributed by atoms with van der Waals surface area (Å²) in [7, 11) is 0. The van der Waals surface area contributed by atoms with Gasteiger partial charge in [0, 0.05) is 11.6 Å². The highest BCUT2D eigenvalue weighted by Gasteiger charge is 2.28. The minimum Gasteiger partial charge on any atom is -0.268 e. The van der Waals surface area contributed by atoms with Crippen LogP contribution in [0.25, 0.3) is 0 Å². The quantitative estimate of drug-likeness (QED) is 0.666. The van der Waals surface area contributed by atoms with Crippen molar-refractivity contribution >= 4 is 11.8 Å². The van der Waals surface area contributed by atoms with Crippen molar-refractivity contribution in [2.24, 2.45) is 0 Å². The van der Waals surface area contributed by atoms with Crippen LogP contribution in [0.1, 0.15) is 43.6 Å². The number of aryl methyl sites for hydroxylation is 1. The molecular formula is C16H22N2O2. The van der Waals surface area contributed by atoms with Gasteiger partial charge in [0.25, 0.3) is 11.8 Å². The van der Waals surface area contributed by atoms with E-state index in [1.165, 1.54) is 11.1 Å². The molecule has 0 aromatic heterocycles. The van der Waals surface area contributed by atoms with E-state index < -0.39 is 5.54 Å². The van der Waals surface area contributed by atoms with Gasteiger partial charge in [0.15, 0.2) is 0 Å². The highest BCUT2D eigenvalue weighted by Crippen LogP contribution is 2.16. The average Bonchev–Trinajstić information content (AvgIpc) is 2.34. The number of hydrazine groups is 1. The second kappa shape index (κ2) is 6.37. The number of nitrogens with one attached hydrogen (secondary N) is 1. The standard InChI is InChI=1S/C16H22N2O2/c1-6-8-14(19)17-18(16(3,4)5)15(20)13-10-7-9-12(2)11-13/h6-11H,1-5H3,(H,17,19). The number of carbonyl (C=O) groups is 2. The lowest BCUT2D eigenvalue weighted by molar-refractivity contribution is -0.122. The monoisotopic (exact) mass is 274 g/mol. The third kappa shape index (κ3) is 4.23. The highest BCUT2D eigenvalue weighted by molar-refractivity contribution is 5.97. The molecule has 0 aliphatic heterocycles. The largest absolute Gasteiger partial charge is 0.272 e. The van der Waals surface area contributed by atoms with Gasteiger partial charge in [-0.1, -0.05) is 23.8 Å². The number of hydrogen-bond donors (Lipinski definition) is 1. The molecule has 1 N–H and O–H groups in total. The lowest BCUT2D eigenvalue weighted by Crippen LogP contribution is -2.55. The molecule has 0 saturated heterocycles. The Hall–Kier alpha value is -2.10. The van der Waals surface area contributed by atoms with Gasteiger partial charge in [-0.3, -0.25) is 15.0 Å². The summed E-state index contributed by atoms with van der Waals surface area (Å²) in [4.78, 5) is 24.3. The Kier molecular flexibility index (Phi) is 5.08. The summed E-state index contributed by atoms with van der Waals surface area (Å²) < 4.78 is 0. The molecule has 108 valence electrons. The van der Waals surface area contributed by atoms with E-state index in [1.807, 2.05) is 45.9 Å². The van der Waals surface area contributed by atoms with E-state index in [0.29, 0.717) is 5.56 Å². The van der Waals surface area contributed by atoms with Crippen molar-refractivity contribution in [1.82, 2.24) is 10.4 Å². The van der Waals surface area contributed by atoms with Crippen molar-refractivity contribution in [2.45, 2.75) is 40.2 Å². The average molecular weight is 274 g/mol. The second-order valence-corrected chi connectivity index (χ2v) is 5.66. The third-order valence-corrected chi connectivity index (χ3v) is 2.68. The van der Waals surface area contributed by atoms with Gasteiger partial charge in [0.1, 0.15) is 0 Å². The van der Waals surface area contributed by atoms with E-state index in [-0.39, 0.29) is 11.8 Å². The maximum absolute atomic E-state index is 12.6. The predicted octanol–water partition coefficient (Wildman–Crippen LogP) is 2.84. The van der Waals surface area contributed by atoms with Crippen molar-refractivity contribution in [2.75, 3.05) is 0 Å². The van der Waals surface area contributed by atoms with E-state index in [1.54, 1.807) is 19.1 Å². The van der Waals surface area contributed by atoms with Crippen LogP contribution in [0.2, 0.25) is 0 Å². The van der Waals surface area contributed by atoms with Gasteiger partial charge in [0.05, 0.1) is 5.54 Å². The fraction of sp³-hybridized carbons (Fsp3) is 0.375. The van der Waals surface area contributed by atoms with E-state index in [2.05, 4.69) is 5.43 Å². The minimum atomic E-state index is -0.516. The van der Waals surface area contributed by atoms with Gasteiger partial charge in [0.2, 0.25) is 0 Å². The van der Waals surface area contributed by atoms with Gasteiger partial charge in [-0.15, -0.1) is 0 Å². The summed E-state index contributed by atoms with van der Waals surface area (Å²) in [5, 5.41) is 1.37. The van der Waals surface area contributed by atoms with Gasteiger partial charge >= 0.3 is 0 Å². The molecule has 1 aromatic rings. The summed E-state index contributed by atoms with van der Waals surface area (Å²) in [6.07, 6.45) is 3.02. The molecule has 0 aliphatic carbocycles. The van der Waals surface area contributed by atoms with E-state index in [4.69, 9.17) is 0 Å². The van der Waals surface area contributed by atoms with Crippen molar-refractivity contribution < 1.29 is 9.59 Å². The summed E-state index contributed by atoms with van der Waals surface area (Å²) >= 11 is 0. The van der Waals surface area contributed by atoms with E-state index in [9.17, 15) is 9.59 Å². The van der Waals surface area contributed by atoms with Crippen LogP contribution >= 0.6 is 0 Å². The molecule has 2 amide bonds. The molecule has 20 heavy (non-hydrogen) atoms. The maximum atomic E-state index is 12.6. The number of amides is 2. The van der Waals surface area contributed by atoms with Crippen LogP contribution in [0.15, 0.2) is 36.4 Å². The number of benzene rings is 1. The van der Waals surface area contributed by atoms with Gasteiger partial charge in [-0.2, -0.15) is 0 Å². The first kappa shape index (κ1) is 16.0. The zero-order valence-electron chi connectivity index (χ0n) is 12.7. The van der Waals surface area contributed by atoms with Crippen molar-refractivity contribution in [1.29, 1.82) is 0 Å². The van der Waals surface area contributed by atoms with Crippen LogP contribution in [-0.4, -0.2) is 22.4 Å². The molecule has 0 fully saturated rings. The van der Waals surface area contributed by atoms with Crippen molar-refractivity contribution in [3.05, 3.63) is 47.5 Å². The molecule has 0 saturated carbocycles. The first-order valence-corrected chi connectivity index (χ1v) is 6.60. The smallest absolute Gasteiger partial charge is 0.268 e. The van der Waals surface area contributed by atoms with Crippen LogP contribution in [-0.2, 0) is 4.79 Å².